The molecule has 0 heterocycles. The van der Waals surface area contributed by atoms with E-state index in [4.69, 9.17) is 17.3 Å². The van der Waals surface area contributed by atoms with Crippen LogP contribution in [-0.2, 0) is 4.79 Å². The molecular formula is C17H26ClN3O2. The van der Waals surface area contributed by atoms with Gasteiger partial charge in [0.25, 0.3) is 5.91 Å². The molecule has 6 heteroatoms. The molecule has 0 atom stereocenters. The first-order valence-corrected chi connectivity index (χ1v) is 8.29. The van der Waals surface area contributed by atoms with E-state index in [1.54, 1.807) is 32.0 Å². The van der Waals surface area contributed by atoms with Crippen molar-refractivity contribution in [2.24, 2.45) is 11.7 Å². The van der Waals surface area contributed by atoms with Crippen molar-refractivity contribution >= 4 is 29.1 Å². The van der Waals surface area contributed by atoms with Gasteiger partial charge in [0.05, 0.1) is 16.1 Å². The Labute approximate surface area is 143 Å². The average molecular weight is 340 g/mol. The van der Waals surface area contributed by atoms with E-state index in [1.807, 2.05) is 13.8 Å². The van der Waals surface area contributed by atoms with Crippen molar-refractivity contribution < 1.29 is 9.59 Å². The maximum absolute atomic E-state index is 12.6. The Morgan fingerprint density at radius 2 is 1.87 bits per heavy atom. The molecule has 1 aromatic rings. The van der Waals surface area contributed by atoms with Gasteiger partial charge in [-0.05, 0) is 31.0 Å². The van der Waals surface area contributed by atoms with E-state index in [0.717, 1.165) is 12.8 Å². The summed E-state index contributed by atoms with van der Waals surface area (Å²) in [6, 6.07) is 4.87. The summed E-state index contributed by atoms with van der Waals surface area (Å²) < 4.78 is 0. The molecule has 0 radical (unpaired) electrons. The van der Waals surface area contributed by atoms with Crippen molar-refractivity contribution in [1.29, 1.82) is 0 Å². The normalized spacial score (nSPS) is 11.4. The van der Waals surface area contributed by atoms with Crippen molar-refractivity contribution in [3.63, 3.8) is 0 Å². The number of carbonyl (C=O) groups is 2. The van der Waals surface area contributed by atoms with E-state index in [0.29, 0.717) is 22.8 Å². The fourth-order valence-corrected chi connectivity index (χ4v) is 2.34. The lowest BCUT2D eigenvalue weighted by Crippen LogP contribution is -2.52. The molecule has 1 rings (SSSR count). The first kappa shape index (κ1) is 19.5. The molecule has 0 saturated carbocycles. The van der Waals surface area contributed by atoms with E-state index >= 15 is 0 Å². The maximum Gasteiger partial charge on any atom is 0.253 e. The average Bonchev–Trinajstić information content (AvgIpc) is 2.54. The molecule has 0 fully saturated rings. The third-order valence-corrected chi connectivity index (χ3v) is 4.46. The number of anilines is 1. The van der Waals surface area contributed by atoms with Gasteiger partial charge < -0.3 is 16.4 Å². The SMILES string of the molecule is CCC(CC)(CN)NC(=O)c1cc(NC(=O)C(C)C)ccc1Cl. The highest BCUT2D eigenvalue weighted by atomic mass is 35.5. The van der Waals surface area contributed by atoms with Crippen LogP contribution in [0.25, 0.3) is 0 Å². The summed E-state index contributed by atoms with van der Waals surface area (Å²) in [4.78, 5) is 24.4. The first-order valence-electron chi connectivity index (χ1n) is 7.91. The zero-order valence-electron chi connectivity index (χ0n) is 14.2. The topological polar surface area (TPSA) is 84.2 Å². The van der Waals surface area contributed by atoms with Crippen LogP contribution in [0.5, 0.6) is 0 Å². The van der Waals surface area contributed by atoms with E-state index < -0.39 is 5.54 Å². The minimum Gasteiger partial charge on any atom is -0.345 e. The van der Waals surface area contributed by atoms with Crippen molar-refractivity contribution in [3.05, 3.63) is 28.8 Å². The Balaban J connectivity index is 3.02. The van der Waals surface area contributed by atoms with Crippen LogP contribution in [0.4, 0.5) is 5.69 Å². The standard InChI is InChI=1S/C17H26ClN3O2/c1-5-17(6-2,10-19)21-16(23)13-9-12(7-8-14(13)18)20-15(22)11(3)4/h7-9,11H,5-6,10,19H2,1-4H3,(H,20,22)(H,21,23). The van der Waals surface area contributed by atoms with Crippen LogP contribution in [0, 0.1) is 5.92 Å². The number of nitrogens with one attached hydrogen (secondary N) is 2. The highest BCUT2D eigenvalue weighted by Gasteiger charge is 2.27. The predicted octanol–water partition coefficient (Wildman–Crippen LogP) is 3.18. The Kier molecular flexibility index (Phi) is 7.03. The third-order valence-electron chi connectivity index (χ3n) is 4.13. The molecule has 0 spiro atoms. The Hall–Kier alpha value is -1.59. The van der Waals surface area contributed by atoms with Crippen LogP contribution in [0.15, 0.2) is 18.2 Å². The Morgan fingerprint density at radius 3 is 2.35 bits per heavy atom. The molecule has 2 amide bonds. The van der Waals surface area contributed by atoms with Crippen LogP contribution in [0.2, 0.25) is 5.02 Å². The van der Waals surface area contributed by atoms with Gasteiger partial charge in [-0.3, -0.25) is 9.59 Å². The summed E-state index contributed by atoms with van der Waals surface area (Å²) in [7, 11) is 0. The van der Waals surface area contributed by atoms with Crippen LogP contribution in [0.3, 0.4) is 0 Å². The zero-order chi connectivity index (χ0) is 17.6. The number of amides is 2. The van der Waals surface area contributed by atoms with E-state index in [1.165, 1.54) is 0 Å². The van der Waals surface area contributed by atoms with Gasteiger partial charge in [0, 0.05) is 18.2 Å². The fraction of sp³-hybridized carbons (Fsp3) is 0.529. The maximum atomic E-state index is 12.6. The van der Waals surface area contributed by atoms with E-state index in [9.17, 15) is 9.59 Å². The van der Waals surface area contributed by atoms with Crippen LogP contribution < -0.4 is 16.4 Å². The molecule has 4 N–H and O–H groups in total. The molecule has 0 unspecified atom stereocenters. The van der Waals surface area contributed by atoms with Gasteiger partial charge in [0.2, 0.25) is 5.91 Å². The lowest BCUT2D eigenvalue weighted by molar-refractivity contribution is -0.118. The minimum absolute atomic E-state index is 0.114. The lowest BCUT2D eigenvalue weighted by atomic mass is 9.92. The number of nitrogens with two attached hydrogens (primary N) is 1. The van der Waals surface area contributed by atoms with Crippen molar-refractivity contribution in [1.82, 2.24) is 5.32 Å². The fourth-order valence-electron chi connectivity index (χ4n) is 2.14. The number of rotatable bonds is 7. The van der Waals surface area contributed by atoms with E-state index in [-0.39, 0.29) is 17.7 Å². The second-order valence-corrected chi connectivity index (χ2v) is 6.39. The summed E-state index contributed by atoms with van der Waals surface area (Å²) in [5.41, 5.74) is 6.24. The molecule has 0 bridgehead atoms. The number of halogens is 1. The van der Waals surface area contributed by atoms with E-state index in [2.05, 4.69) is 10.6 Å². The summed E-state index contributed by atoms with van der Waals surface area (Å²) in [5, 5.41) is 6.08. The van der Waals surface area contributed by atoms with Gasteiger partial charge in [-0.15, -0.1) is 0 Å². The summed E-state index contributed by atoms with van der Waals surface area (Å²) in [6.07, 6.45) is 1.46. The summed E-state index contributed by atoms with van der Waals surface area (Å²) in [6.45, 7) is 7.93. The molecular weight excluding hydrogens is 314 g/mol. The number of hydrogen-bond acceptors (Lipinski definition) is 3. The number of hydrogen-bond donors (Lipinski definition) is 3. The quantitative estimate of drug-likeness (QED) is 0.713. The zero-order valence-corrected chi connectivity index (χ0v) is 15.0. The molecule has 5 nitrogen and oxygen atoms in total. The molecule has 0 aliphatic carbocycles. The van der Waals surface area contributed by atoms with Gasteiger partial charge in [-0.1, -0.05) is 39.3 Å². The van der Waals surface area contributed by atoms with Crippen molar-refractivity contribution in [2.45, 2.75) is 46.1 Å². The molecule has 0 aliphatic heterocycles. The van der Waals surface area contributed by atoms with Gasteiger partial charge in [0.1, 0.15) is 0 Å². The van der Waals surface area contributed by atoms with Gasteiger partial charge in [0.15, 0.2) is 0 Å². The predicted molar refractivity (Wildman–Crippen MR) is 94.8 cm³/mol. The summed E-state index contributed by atoms with van der Waals surface area (Å²) in [5.74, 6) is -0.546. The largest absolute Gasteiger partial charge is 0.345 e. The lowest BCUT2D eigenvalue weighted by Gasteiger charge is -2.31. The molecule has 0 saturated heterocycles. The first-order chi connectivity index (χ1) is 10.8. The smallest absolute Gasteiger partial charge is 0.253 e. The monoisotopic (exact) mass is 339 g/mol. The molecule has 0 aliphatic rings. The van der Waals surface area contributed by atoms with Gasteiger partial charge >= 0.3 is 0 Å². The molecule has 0 aromatic heterocycles. The van der Waals surface area contributed by atoms with Crippen LogP contribution in [0.1, 0.15) is 50.9 Å². The molecule has 1 aromatic carbocycles. The van der Waals surface area contributed by atoms with Crippen LogP contribution in [-0.4, -0.2) is 23.9 Å². The van der Waals surface area contributed by atoms with Gasteiger partial charge in [-0.2, -0.15) is 0 Å². The highest BCUT2D eigenvalue weighted by molar-refractivity contribution is 6.34. The number of carbonyl (C=O) groups excluding carboxylic acids is 2. The van der Waals surface area contributed by atoms with Crippen molar-refractivity contribution in [3.8, 4) is 0 Å². The molecule has 128 valence electrons. The summed E-state index contributed by atoms with van der Waals surface area (Å²) >= 11 is 6.14. The second-order valence-electron chi connectivity index (χ2n) is 5.98. The van der Waals surface area contributed by atoms with Crippen LogP contribution >= 0.6 is 11.6 Å². The highest BCUT2D eigenvalue weighted by Crippen LogP contribution is 2.23. The Morgan fingerprint density at radius 1 is 1.26 bits per heavy atom. The van der Waals surface area contributed by atoms with Crippen molar-refractivity contribution in [2.75, 3.05) is 11.9 Å². The number of benzene rings is 1. The van der Waals surface area contributed by atoms with Gasteiger partial charge in [-0.25, -0.2) is 0 Å². The molecule has 23 heavy (non-hydrogen) atoms. The Bertz CT molecular complexity index is 561. The third kappa shape index (κ3) is 4.94. The second kappa shape index (κ2) is 8.31. The minimum atomic E-state index is -0.447.